The maximum Gasteiger partial charge on any atom is 0.252 e. The van der Waals surface area contributed by atoms with Gasteiger partial charge < -0.3 is 5.32 Å². The van der Waals surface area contributed by atoms with Crippen molar-refractivity contribution in [1.29, 1.82) is 0 Å². The Kier molecular flexibility index (Phi) is 6.12. The number of para-hydroxylation sites is 1. The van der Waals surface area contributed by atoms with E-state index in [9.17, 15) is 4.79 Å². The molecule has 0 saturated heterocycles. The van der Waals surface area contributed by atoms with Crippen LogP contribution < -0.4 is 5.32 Å². The Morgan fingerprint density at radius 2 is 1.61 bits per heavy atom. The number of fused-ring (bicyclic) bond motifs is 1. The lowest BCUT2D eigenvalue weighted by molar-refractivity contribution is 0.0948. The fourth-order valence-electron chi connectivity index (χ4n) is 3.71. The summed E-state index contributed by atoms with van der Waals surface area (Å²) in [6, 6.07) is 31.7. The SMILES string of the molecule is O=C(NCc1cccc2ccccc12)c1ccccc1SCc1nnnn1-c1ccccc1. The van der Waals surface area contributed by atoms with Gasteiger partial charge in [0.15, 0.2) is 5.82 Å². The molecule has 33 heavy (non-hydrogen) atoms. The molecule has 1 aromatic heterocycles. The molecule has 7 heteroatoms. The predicted octanol–water partition coefficient (Wildman–Crippen LogP) is 5.04. The minimum atomic E-state index is -0.103. The summed E-state index contributed by atoms with van der Waals surface area (Å²) in [7, 11) is 0. The Balaban J connectivity index is 1.30. The summed E-state index contributed by atoms with van der Waals surface area (Å²) in [5.74, 6) is 1.15. The summed E-state index contributed by atoms with van der Waals surface area (Å²) in [5.41, 5.74) is 2.63. The standard InChI is InChI=1S/C26H21N5OS/c32-26(27-17-20-11-8-10-19-9-4-5-14-22(19)20)23-15-6-7-16-24(23)33-18-25-28-29-30-31(25)21-12-2-1-3-13-21/h1-16H,17-18H2,(H,27,32). The van der Waals surface area contributed by atoms with Gasteiger partial charge in [-0.2, -0.15) is 4.68 Å². The molecule has 1 amide bonds. The van der Waals surface area contributed by atoms with E-state index in [4.69, 9.17) is 0 Å². The molecule has 0 aliphatic rings. The topological polar surface area (TPSA) is 72.7 Å². The van der Waals surface area contributed by atoms with E-state index in [-0.39, 0.29) is 5.91 Å². The van der Waals surface area contributed by atoms with Crippen LogP contribution in [0.25, 0.3) is 16.5 Å². The Morgan fingerprint density at radius 3 is 2.52 bits per heavy atom. The summed E-state index contributed by atoms with van der Waals surface area (Å²) in [6.45, 7) is 0.464. The van der Waals surface area contributed by atoms with Crippen molar-refractivity contribution in [3.8, 4) is 5.69 Å². The van der Waals surface area contributed by atoms with Crippen LogP contribution in [0.3, 0.4) is 0 Å². The van der Waals surface area contributed by atoms with Crippen LogP contribution >= 0.6 is 11.8 Å². The zero-order valence-electron chi connectivity index (χ0n) is 17.8. The molecule has 4 aromatic carbocycles. The molecule has 0 bridgehead atoms. The molecule has 0 unspecified atom stereocenters. The van der Waals surface area contributed by atoms with E-state index < -0.39 is 0 Å². The number of hydrogen-bond acceptors (Lipinski definition) is 5. The molecule has 0 fully saturated rings. The number of amides is 1. The Labute approximate surface area is 195 Å². The largest absolute Gasteiger partial charge is 0.348 e. The van der Waals surface area contributed by atoms with Crippen LogP contribution in [0.1, 0.15) is 21.7 Å². The molecule has 6 nitrogen and oxygen atoms in total. The highest BCUT2D eigenvalue weighted by molar-refractivity contribution is 7.98. The molecule has 0 saturated carbocycles. The molecule has 1 N–H and O–H groups in total. The van der Waals surface area contributed by atoms with E-state index >= 15 is 0 Å². The summed E-state index contributed by atoms with van der Waals surface area (Å²) in [4.78, 5) is 13.9. The highest BCUT2D eigenvalue weighted by Crippen LogP contribution is 2.26. The number of carbonyl (C=O) groups is 1. The Bertz CT molecular complexity index is 1400. The van der Waals surface area contributed by atoms with Crippen molar-refractivity contribution in [2.24, 2.45) is 0 Å². The zero-order valence-corrected chi connectivity index (χ0v) is 18.6. The first-order valence-electron chi connectivity index (χ1n) is 10.6. The van der Waals surface area contributed by atoms with Gasteiger partial charge in [0.2, 0.25) is 0 Å². The molecular weight excluding hydrogens is 430 g/mol. The number of benzene rings is 4. The van der Waals surface area contributed by atoms with Gasteiger partial charge in [0.25, 0.3) is 5.91 Å². The minimum Gasteiger partial charge on any atom is -0.348 e. The van der Waals surface area contributed by atoms with Crippen LogP contribution in [0.5, 0.6) is 0 Å². The van der Waals surface area contributed by atoms with Crippen LogP contribution in [-0.2, 0) is 12.3 Å². The number of carbonyl (C=O) groups excluding carboxylic acids is 1. The first kappa shape index (κ1) is 20.9. The number of aromatic nitrogens is 4. The van der Waals surface area contributed by atoms with Gasteiger partial charge in [-0.15, -0.1) is 16.9 Å². The van der Waals surface area contributed by atoms with Crippen molar-refractivity contribution < 1.29 is 4.79 Å². The summed E-state index contributed by atoms with van der Waals surface area (Å²) < 4.78 is 1.72. The lowest BCUT2D eigenvalue weighted by Crippen LogP contribution is -2.23. The van der Waals surface area contributed by atoms with Crippen molar-refractivity contribution in [2.45, 2.75) is 17.2 Å². The van der Waals surface area contributed by atoms with Gasteiger partial charge >= 0.3 is 0 Å². The van der Waals surface area contributed by atoms with Gasteiger partial charge in [0.05, 0.1) is 17.0 Å². The van der Waals surface area contributed by atoms with Crippen molar-refractivity contribution in [3.63, 3.8) is 0 Å². The quantitative estimate of drug-likeness (QED) is 0.351. The molecule has 162 valence electrons. The van der Waals surface area contributed by atoms with Crippen molar-refractivity contribution in [2.75, 3.05) is 0 Å². The fraction of sp³-hybridized carbons (Fsp3) is 0.0769. The third-order valence-electron chi connectivity index (χ3n) is 5.34. The summed E-state index contributed by atoms with van der Waals surface area (Å²) in [5, 5.41) is 17.5. The second-order valence-electron chi connectivity index (χ2n) is 7.45. The van der Waals surface area contributed by atoms with Gasteiger partial charge in [0, 0.05) is 11.4 Å². The number of thioether (sulfide) groups is 1. The first-order valence-corrected chi connectivity index (χ1v) is 11.6. The number of nitrogens with one attached hydrogen (secondary N) is 1. The molecule has 0 aliphatic heterocycles. The van der Waals surface area contributed by atoms with Crippen LogP contribution in [0.15, 0.2) is 102 Å². The second-order valence-corrected chi connectivity index (χ2v) is 8.47. The van der Waals surface area contributed by atoms with E-state index in [1.54, 1.807) is 16.4 Å². The lowest BCUT2D eigenvalue weighted by Gasteiger charge is -2.11. The normalized spacial score (nSPS) is 10.9. The van der Waals surface area contributed by atoms with Gasteiger partial charge in [-0.05, 0) is 51.0 Å². The number of nitrogens with zero attached hydrogens (tertiary/aromatic N) is 4. The van der Waals surface area contributed by atoms with Gasteiger partial charge in [0.1, 0.15) is 0 Å². The summed E-state index contributed by atoms with van der Waals surface area (Å²) >= 11 is 1.54. The molecular formula is C26H21N5OS. The monoisotopic (exact) mass is 451 g/mol. The average Bonchev–Trinajstić information content (AvgIpc) is 3.35. The molecule has 5 aromatic rings. The second kappa shape index (κ2) is 9.67. The molecule has 5 rings (SSSR count). The highest BCUT2D eigenvalue weighted by Gasteiger charge is 2.14. The third-order valence-corrected chi connectivity index (χ3v) is 6.41. The van der Waals surface area contributed by atoms with Gasteiger partial charge in [-0.25, -0.2) is 0 Å². The van der Waals surface area contributed by atoms with E-state index in [1.807, 2.05) is 78.9 Å². The zero-order chi connectivity index (χ0) is 22.5. The number of hydrogen-bond donors (Lipinski definition) is 1. The highest BCUT2D eigenvalue weighted by atomic mass is 32.2. The van der Waals surface area contributed by atoms with E-state index in [0.29, 0.717) is 17.9 Å². The molecule has 0 radical (unpaired) electrons. The van der Waals surface area contributed by atoms with E-state index in [2.05, 4.69) is 39.0 Å². The third kappa shape index (κ3) is 4.63. The number of tetrazole rings is 1. The van der Waals surface area contributed by atoms with Crippen LogP contribution in [-0.4, -0.2) is 26.1 Å². The average molecular weight is 452 g/mol. The first-order chi connectivity index (χ1) is 16.3. The molecule has 1 heterocycles. The van der Waals surface area contributed by atoms with Gasteiger partial charge in [-0.3, -0.25) is 4.79 Å². The molecule has 0 atom stereocenters. The molecule has 0 spiro atoms. The van der Waals surface area contributed by atoms with Gasteiger partial charge in [-0.1, -0.05) is 72.8 Å². The van der Waals surface area contributed by atoms with Crippen molar-refractivity contribution >= 4 is 28.4 Å². The Hall–Kier alpha value is -3.97. The Morgan fingerprint density at radius 1 is 0.848 bits per heavy atom. The van der Waals surface area contributed by atoms with Crippen LogP contribution in [0.4, 0.5) is 0 Å². The fourth-order valence-corrected chi connectivity index (χ4v) is 4.66. The minimum absolute atomic E-state index is 0.103. The number of rotatable bonds is 7. The van der Waals surface area contributed by atoms with E-state index in [0.717, 1.165) is 32.7 Å². The van der Waals surface area contributed by atoms with Crippen molar-refractivity contribution in [1.82, 2.24) is 25.5 Å². The summed E-state index contributed by atoms with van der Waals surface area (Å²) in [6.07, 6.45) is 0. The maximum atomic E-state index is 13.1. The lowest BCUT2D eigenvalue weighted by atomic mass is 10.0. The molecule has 0 aliphatic carbocycles. The van der Waals surface area contributed by atoms with Crippen molar-refractivity contribution in [3.05, 3.63) is 114 Å². The smallest absolute Gasteiger partial charge is 0.252 e. The maximum absolute atomic E-state index is 13.1. The van der Waals surface area contributed by atoms with E-state index in [1.165, 1.54) is 0 Å². The van der Waals surface area contributed by atoms with Crippen LogP contribution in [0.2, 0.25) is 0 Å². The predicted molar refractivity (Wildman–Crippen MR) is 130 cm³/mol. The van der Waals surface area contributed by atoms with Crippen LogP contribution in [0, 0.1) is 0 Å².